The van der Waals surface area contributed by atoms with Gasteiger partial charge < -0.3 is 14.7 Å². The van der Waals surface area contributed by atoms with Crippen molar-refractivity contribution in [2.24, 2.45) is 0 Å². The van der Waals surface area contributed by atoms with Crippen LogP contribution >= 0.6 is 0 Å². The fourth-order valence-corrected chi connectivity index (χ4v) is 4.69. The van der Waals surface area contributed by atoms with Crippen LogP contribution < -0.4 is 0 Å². The van der Waals surface area contributed by atoms with E-state index in [1.807, 2.05) is 0 Å². The van der Waals surface area contributed by atoms with Gasteiger partial charge in [0.15, 0.2) is 0 Å². The van der Waals surface area contributed by atoms with Gasteiger partial charge >= 0.3 is 11.9 Å². The lowest BCUT2D eigenvalue weighted by Crippen LogP contribution is -2.59. The van der Waals surface area contributed by atoms with Gasteiger partial charge in [0.2, 0.25) is 15.9 Å². The van der Waals surface area contributed by atoms with Crippen LogP contribution in [0.1, 0.15) is 18.4 Å². The third-order valence-corrected chi connectivity index (χ3v) is 6.11. The van der Waals surface area contributed by atoms with Crippen molar-refractivity contribution >= 4 is 27.9 Å². The molecule has 1 aliphatic rings. The van der Waals surface area contributed by atoms with Gasteiger partial charge in [-0.05, 0) is 12.0 Å². The first-order valence-electron chi connectivity index (χ1n) is 8.35. The summed E-state index contributed by atoms with van der Waals surface area (Å²) in [6.07, 6.45) is -0.221. The third-order valence-electron chi connectivity index (χ3n) is 4.26. The van der Waals surface area contributed by atoms with Gasteiger partial charge in [-0.25, -0.2) is 8.42 Å². The number of rotatable bonds is 8. The number of nitrogens with zero attached hydrogens (tertiary/aromatic N) is 2. The Morgan fingerprint density at radius 2 is 1.89 bits per heavy atom. The maximum Gasteiger partial charge on any atom is 0.323 e. The van der Waals surface area contributed by atoms with E-state index in [1.54, 1.807) is 30.3 Å². The van der Waals surface area contributed by atoms with E-state index in [0.29, 0.717) is 5.56 Å². The number of hydrogen-bond acceptors (Lipinski definition) is 6. The van der Waals surface area contributed by atoms with Crippen molar-refractivity contribution in [1.82, 2.24) is 9.21 Å². The second-order valence-corrected chi connectivity index (χ2v) is 8.06. The minimum absolute atomic E-state index is 0.0200. The molecule has 1 amide bonds. The quantitative estimate of drug-likeness (QED) is 0.615. The van der Waals surface area contributed by atoms with Crippen molar-refractivity contribution < 1.29 is 32.6 Å². The molecule has 27 heavy (non-hydrogen) atoms. The SMILES string of the molecule is COC(=O)CC[C@@H]1C(=O)N(CC(=O)O)CCN1S(=O)(=O)Cc1ccccc1. The lowest BCUT2D eigenvalue weighted by Gasteiger charge is -2.39. The molecule has 1 aromatic carbocycles. The number of amides is 1. The molecule has 2 rings (SSSR count). The van der Waals surface area contributed by atoms with Gasteiger partial charge in [0.1, 0.15) is 12.6 Å². The molecule has 10 heteroatoms. The summed E-state index contributed by atoms with van der Waals surface area (Å²) in [5.41, 5.74) is 0.574. The van der Waals surface area contributed by atoms with Crippen LogP contribution in [0, 0.1) is 0 Å². The monoisotopic (exact) mass is 398 g/mol. The summed E-state index contributed by atoms with van der Waals surface area (Å²) in [7, 11) is -2.64. The molecular formula is C17H22N2O7S. The molecular weight excluding hydrogens is 376 g/mol. The molecule has 148 valence electrons. The number of hydrogen-bond donors (Lipinski definition) is 1. The van der Waals surface area contributed by atoms with Crippen LogP contribution in [0.2, 0.25) is 0 Å². The zero-order chi connectivity index (χ0) is 20.0. The van der Waals surface area contributed by atoms with E-state index in [4.69, 9.17) is 5.11 Å². The molecule has 1 aliphatic heterocycles. The molecule has 0 aromatic heterocycles. The Morgan fingerprint density at radius 1 is 1.22 bits per heavy atom. The fraction of sp³-hybridized carbons (Fsp3) is 0.471. The normalized spacial score (nSPS) is 18.3. The van der Waals surface area contributed by atoms with Crippen molar-refractivity contribution in [2.75, 3.05) is 26.7 Å². The maximum absolute atomic E-state index is 12.9. The predicted octanol–water partition coefficient (Wildman–Crippen LogP) is 0.0670. The van der Waals surface area contributed by atoms with Crippen molar-refractivity contribution in [2.45, 2.75) is 24.6 Å². The highest BCUT2D eigenvalue weighted by Crippen LogP contribution is 2.22. The highest BCUT2D eigenvalue weighted by molar-refractivity contribution is 7.88. The first-order valence-corrected chi connectivity index (χ1v) is 9.96. The molecule has 9 nitrogen and oxygen atoms in total. The first-order chi connectivity index (χ1) is 12.7. The summed E-state index contributed by atoms with van der Waals surface area (Å²) in [6.45, 7) is -0.561. The standard InChI is InChI=1S/C17H22N2O7S/c1-26-16(22)8-7-14-17(23)18(11-15(20)21)9-10-19(14)27(24,25)12-13-5-3-2-4-6-13/h2-6,14H,7-12H2,1H3,(H,20,21)/t14-/m1/s1. The number of carboxylic acid groups (broad SMARTS) is 1. The molecule has 0 bridgehead atoms. The zero-order valence-electron chi connectivity index (χ0n) is 14.9. The van der Waals surface area contributed by atoms with E-state index in [0.717, 1.165) is 9.21 Å². The molecule has 1 N–H and O–H groups in total. The second kappa shape index (κ2) is 8.96. The number of piperazine rings is 1. The molecule has 1 atom stereocenters. The van der Waals surface area contributed by atoms with Crippen molar-refractivity contribution in [1.29, 1.82) is 0 Å². The highest BCUT2D eigenvalue weighted by atomic mass is 32.2. The number of methoxy groups -OCH3 is 1. The van der Waals surface area contributed by atoms with E-state index >= 15 is 0 Å². The first kappa shape index (κ1) is 20.8. The van der Waals surface area contributed by atoms with E-state index in [-0.39, 0.29) is 31.7 Å². The molecule has 0 unspecified atom stereocenters. The van der Waals surface area contributed by atoms with Gasteiger partial charge in [-0.1, -0.05) is 30.3 Å². The molecule has 0 aliphatic carbocycles. The number of ether oxygens (including phenoxy) is 1. The Balaban J connectivity index is 2.24. The maximum atomic E-state index is 12.9. The Hall–Kier alpha value is -2.46. The van der Waals surface area contributed by atoms with Crippen molar-refractivity contribution in [3.8, 4) is 0 Å². The lowest BCUT2D eigenvalue weighted by molar-refractivity contribution is -0.149. The van der Waals surface area contributed by atoms with Crippen molar-refractivity contribution in [3.63, 3.8) is 0 Å². The Bertz CT molecular complexity index is 795. The van der Waals surface area contributed by atoms with Crippen LogP contribution in [-0.2, 0) is 34.9 Å². The number of esters is 1. The summed E-state index contributed by atoms with van der Waals surface area (Å²) in [6, 6.07) is 7.41. The van der Waals surface area contributed by atoms with Gasteiger partial charge in [0.25, 0.3) is 0 Å². The van der Waals surface area contributed by atoms with Crippen LogP contribution in [0.4, 0.5) is 0 Å². The molecule has 1 aromatic rings. The summed E-state index contributed by atoms with van der Waals surface area (Å²) < 4.78 is 31.4. The largest absolute Gasteiger partial charge is 0.480 e. The van der Waals surface area contributed by atoms with Gasteiger partial charge in [-0.2, -0.15) is 4.31 Å². The summed E-state index contributed by atoms with van der Waals surface area (Å²) in [5.74, 6) is -2.66. The van der Waals surface area contributed by atoms with Gasteiger partial charge in [-0.3, -0.25) is 14.4 Å². The second-order valence-electron chi connectivity index (χ2n) is 6.14. The molecule has 1 saturated heterocycles. The van der Waals surface area contributed by atoms with Crippen LogP contribution in [0.25, 0.3) is 0 Å². The van der Waals surface area contributed by atoms with Crippen LogP contribution in [0.15, 0.2) is 30.3 Å². The average molecular weight is 398 g/mol. The lowest BCUT2D eigenvalue weighted by atomic mass is 10.1. The smallest absolute Gasteiger partial charge is 0.323 e. The van der Waals surface area contributed by atoms with Crippen LogP contribution in [-0.4, -0.2) is 73.4 Å². The highest BCUT2D eigenvalue weighted by Gasteiger charge is 2.41. The third kappa shape index (κ3) is 5.51. The van der Waals surface area contributed by atoms with E-state index < -0.39 is 40.5 Å². The average Bonchev–Trinajstić information content (AvgIpc) is 2.61. The Kier molecular flexibility index (Phi) is 6.92. The zero-order valence-corrected chi connectivity index (χ0v) is 15.7. The molecule has 0 spiro atoms. The molecule has 1 fully saturated rings. The summed E-state index contributed by atoms with van der Waals surface area (Å²) >= 11 is 0. The number of aliphatic carboxylic acids is 1. The minimum atomic E-state index is -3.84. The summed E-state index contributed by atoms with van der Waals surface area (Å²) in [5, 5.41) is 8.95. The van der Waals surface area contributed by atoms with Crippen LogP contribution in [0.5, 0.6) is 0 Å². The van der Waals surface area contributed by atoms with Gasteiger partial charge in [-0.15, -0.1) is 0 Å². The predicted molar refractivity (Wildman–Crippen MR) is 95.0 cm³/mol. The van der Waals surface area contributed by atoms with Gasteiger partial charge in [0.05, 0.1) is 12.9 Å². The Morgan fingerprint density at radius 3 is 2.48 bits per heavy atom. The topological polar surface area (TPSA) is 121 Å². The number of carbonyl (C=O) groups is 3. The fourth-order valence-electron chi connectivity index (χ4n) is 2.96. The van der Waals surface area contributed by atoms with E-state index in [1.165, 1.54) is 7.11 Å². The molecule has 0 radical (unpaired) electrons. The number of sulfonamides is 1. The van der Waals surface area contributed by atoms with E-state index in [2.05, 4.69) is 4.74 Å². The Labute approximate surface area is 157 Å². The number of carbonyl (C=O) groups excluding carboxylic acids is 2. The van der Waals surface area contributed by atoms with Crippen LogP contribution in [0.3, 0.4) is 0 Å². The molecule has 1 heterocycles. The van der Waals surface area contributed by atoms with Gasteiger partial charge in [0, 0.05) is 19.5 Å². The number of benzene rings is 1. The van der Waals surface area contributed by atoms with Crippen molar-refractivity contribution in [3.05, 3.63) is 35.9 Å². The molecule has 0 saturated carbocycles. The minimum Gasteiger partial charge on any atom is -0.480 e. The summed E-state index contributed by atoms with van der Waals surface area (Å²) in [4.78, 5) is 36.2. The van der Waals surface area contributed by atoms with E-state index in [9.17, 15) is 22.8 Å². The number of carboxylic acids is 1.